The van der Waals surface area contributed by atoms with Crippen molar-refractivity contribution in [2.75, 3.05) is 11.5 Å². The van der Waals surface area contributed by atoms with Crippen LogP contribution in [0.1, 0.15) is 15.9 Å². The predicted molar refractivity (Wildman–Crippen MR) is 93.4 cm³/mol. The molecule has 2 aromatic carbocycles. The lowest BCUT2D eigenvalue weighted by molar-refractivity contribution is 0.0935. The van der Waals surface area contributed by atoms with Crippen molar-refractivity contribution in [2.24, 2.45) is 0 Å². The lowest BCUT2D eigenvalue weighted by atomic mass is 10.1. The van der Waals surface area contributed by atoms with Crippen molar-refractivity contribution < 1.29 is 13.2 Å². The molecule has 1 heterocycles. The molecule has 1 fully saturated rings. The smallest absolute Gasteiger partial charge is 0.251 e. The summed E-state index contributed by atoms with van der Waals surface area (Å²) < 4.78 is 24.0. The van der Waals surface area contributed by atoms with E-state index < -0.39 is 15.9 Å². The highest BCUT2D eigenvalue weighted by molar-refractivity contribution is 7.91. The molecule has 0 unspecified atom stereocenters. The standard InChI is InChI=1S/C18H20N2O3S/c21-18(15-9-5-2-6-10-15)20-17-13-24(22,23)12-16(17)19-11-14-7-3-1-4-8-14/h1-10,16-17,19H,11-13H2,(H,20,21)/t16-,17-/m1/s1. The van der Waals surface area contributed by atoms with Crippen LogP contribution >= 0.6 is 0 Å². The second kappa shape index (κ2) is 7.15. The van der Waals surface area contributed by atoms with Crippen LogP contribution in [0.3, 0.4) is 0 Å². The Balaban J connectivity index is 1.66. The van der Waals surface area contributed by atoms with E-state index in [1.165, 1.54) is 0 Å². The number of carbonyl (C=O) groups excluding carboxylic acids is 1. The van der Waals surface area contributed by atoms with Gasteiger partial charge >= 0.3 is 0 Å². The van der Waals surface area contributed by atoms with Gasteiger partial charge in [0.25, 0.3) is 5.91 Å². The average molecular weight is 344 g/mol. The number of hydrogen-bond acceptors (Lipinski definition) is 4. The summed E-state index contributed by atoms with van der Waals surface area (Å²) in [5.74, 6) is -0.235. The molecule has 0 bridgehead atoms. The highest BCUT2D eigenvalue weighted by atomic mass is 32.2. The highest BCUT2D eigenvalue weighted by Crippen LogP contribution is 2.14. The second-order valence-electron chi connectivity index (χ2n) is 6.00. The topological polar surface area (TPSA) is 75.3 Å². The number of benzene rings is 2. The van der Waals surface area contributed by atoms with Crippen molar-refractivity contribution in [3.8, 4) is 0 Å². The van der Waals surface area contributed by atoms with Crippen molar-refractivity contribution in [3.05, 3.63) is 71.8 Å². The third-order valence-electron chi connectivity index (χ3n) is 4.12. The van der Waals surface area contributed by atoms with E-state index in [0.717, 1.165) is 5.56 Å². The summed E-state index contributed by atoms with van der Waals surface area (Å²) in [5.41, 5.74) is 1.61. The Morgan fingerprint density at radius 1 is 0.917 bits per heavy atom. The number of amides is 1. The van der Waals surface area contributed by atoms with Crippen molar-refractivity contribution >= 4 is 15.7 Å². The Morgan fingerprint density at radius 3 is 2.17 bits per heavy atom. The largest absolute Gasteiger partial charge is 0.347 e. The molecular weight excluding hydrogens is 324 g/mol. The van der Waals surface area contributed by atoms with Gasteiger partial charge < -0.3 is 10.6 Å². The quantitative estimate of drug-likeness (QED) is 0.859. The molecule has 126 valence electrons. The normalized spacial score (nSPS) is 22.2. The average Bonchev–Trinajstić information content (AvgIpc) is 2.88. The number of rotatable bonds is 5. The van der Waals surface area contributed by atoms with E-state index >= 15 is 0 Å². The minimum Gasteiger partial charge on any atom is -0.347 e. The molecule has 1 saturated heterocycles. The van der Waals surface area contributed by atoms with Crippen molar-refractivity contribution in [1.82, 2.24) is 10.6 Å². The maximum absolute atomic E-state index is 12.3. The first-order valence-electron chi connectivity index (χ1n) is 7.87. The fraction of sp³-hybridized carbons (Fsp3) is 0.278. The van der Waals surface area contributed by atoms with Gasteiger partial charge in [0.1, 0.15) is 0 Å². The summed E-state index contributed by atoms with van der Waals surface area (Å²) >= 11 is 0. The van der Waals surface area contributed by atoms with Crippen LogP contribution in [0.2, 0.25) is 0 Å². The Labute approximate surface area is 142 Å². The van der Waals surface area contributed by atoms with Crippen LogP contribution in [-0.4, -0.2) is 37.9 Å². The van der Waals surface area contributed by atoms with E-state index in [9.17, 15) is 13.2 Å². The number of carbonyl (C=O) groups is 1. The first-order valence-corrected chi connectivity index (χ1v) is 9.69. The Hall–Kier alpha value is -2.18. The van der Waals surface area contributed by atoms with Gasteiger partial charge in [-0.15, -0.1) is 0 Å². The van der Waals surface area contributed by atoms with Crippen LogP contribution in [0.4, 0.5) is 0 Å². The summed E-state index contributed by atoms with van der Waals surface area (Å²) in [7, 11) is -3.15. The van der Waals surface area contributed by atoms with E-state index in [2.05, 4.69) is 10.6 Å². The molecule has 2 atom stereocenters. The van der Waals surface area contributed by atoms with Gasteiger partial charge in [-0.1, -0.05) is 48.5 Å². The van der Waals surface area contributed by atoms with Crippen LogP contribution in [0.15, 0.2) is 60.7 Å². The molecule has 0 aliphatic carbocycles. The van der Waals surface area contributed by atoms with Gasteiger partial charge in [0.15, 0.2) is 9.84 Å². The van der Waals surface area contributed by atoms with Crippen LogP contribution in [0.25, 0.3) is 0 Å². The monoisotopic (exact) mass is 344 g/mol. The van der Waals surface area contributed by atoms with Gasteiger partial charge in [-0.25, -0.2) is 8.42 Å². The van der Waals surface area contributed by atoms with Crippen LogP contribution in [0.5, 0.6) is 0 Å². The Morgan fingerprint density at radius 2 is 1.50 bits per heavy atom. The Kier molecular flexibility index (Phi) is 4.97. The third-order valence-corrected chi connectivity index (χ3v) is 5.85. The zero-order chi connectivity index (χ0) is 17.0. The summed E-state index contributed by atoms with van der Waals surface area (Å²) in [5, 5.41) is 6.12. The molecule has 3 rings (SSSR count). The van der Waals surface area contributed by atoms with Gasteiger partial charge in [0.2, 0.25) is 0 Å². The van der Waals surface area contributed by atoms with E-state index in [1.807, 2.05) is 36.4 Å². The van der Waals surface area contributed by atoms with E-state index in [0.29, 0.717) is 12.1 Å². The number of hydrogen-bond donors (Lipinski definition) is 2. The second-order valence-corrected chi connectivity index (χ2v) is 8.15. The molecule has 24 heavy (non-hydrogen) atoms. The van der Waals surface area contributed by atoms with Crippen LogP contribution < -0.4 is 10.6 Å². The fourth-order valence-electron chi connectivity index (χ4n) is 2.88. The minimum atomic E-state index is -3.15. The van der Waals surface area contributed by atoms with E-state index in [1.54, 1.807) is 24.3 Å². The molecule has 0 saturated carbocycles. The lowest BCUT2D eigenvalue weighted by Crippen LogP contribution is -2.49. The first kappa shape index (κ1) is 16.7. The van der Waals surface area contributed by atoms with Gasteiger partial charge in [-0.3, -0.25) is 4.79 Å². The molecule has 1 aliphatic rings. The van der Waals surface area contributed by atoms with Gasteiger partial charge in [-0.05, 0) is 17.7 Å². The molecule has 6 heteroatoms. The SMILES string of the molecule is O=C(N[C@@H]1CS(=O)(=O)C[C@H]1NCc1ccccc1)c1ccccc1. The lowest BCUT2D eigenvalue weighted by Gasteiger charge is -2.21. The van der Waals surface area contributed by atoms with Crippen molar-refractivity contribution in [1.29, 1.82) is 0 Å². The summed E-state index contributed by atoms with van der Waals surface area (Å²) in [6.07, 6.45) is 0. The number of sulfone groups is 1. The molecule has 2 aromatic rings. The molecule has 2 N–H and O–H groups in total. The van der Waals surface area contributed by atoms with E-state index in [4.69, 9.17) is 0 Å². The van der Waals surface area contributed by atoms with Gasteiger partial charge in [0, 0.05) is 18.2 Å². The zero-order valence-corrected chi connectivity index (χ0v) is 14.0. The Bertz CT molecular complexity index is 792. The van der Waals surface area contributed by atoms with Gasteiger partial charge in [0.05, 0.1) is 17.5 Å². The van der Waals surface area contributed by atoms with Crippen molar-refractivity contribution in [2.45, 2.75) is 18.6 Å². The molecular formula is C18H20N2O3S. The summed E-state index contributed by atoms with van der Waals surface area (Å²) in [4.78, 5) is 12.3. The molecule has 1 aliphatic heterocycles. The van der Waals surface area contributed by atoms with Crippen LogP contribution in [0, 0.1) is 0 Å². The fourth-order valence-corrected chi connectivity index (χ4v) is 4.77. The summed E-state index contributed by atoms with van der Waals surface area (Å²) in [6.45, 7) is 0.568. The molecule has 0 spiro atoms. The number of nitrogens with one attached hydrogen (secondary N) is 2. The van der Waals surface area contributed by atoms with Crippen molar-refractivity contribution in [3.63, 3.8) is 0 Å². The molecule has 5 nitrogen and oxygen atoms in total. The maximum Gasteiger partial charge on any atom is 0.251 e. The molecule has 0 aromatic heterocycles. The van der Waals surface area contributed by atoms with E-state index in [-0.39, 0.29) is 23.5 Å². The van der Waals surface area contributed by atoms with Gasteiger partial charge in [-0.2, -0.15) is 0 Å². The summed E-state index contributed by atoms with van der Waals surface area (Å²) in [6, 6.07) is 17.9. The highest BCUT2D eigenvalue weighted by Gasteiger charge is 2.38. The maximum atomic E-state index is 12.3. The molecule has 1 amide bonds. The third kappa shape index (κ3) is 4.21. The zero-order valence-electron chi connectivity index (χ0n) is 13.2. The molecule has 0 radical (unpaired) electrons. The minimum absolute atomic E-state index is 0.0297. The van der Waals surface area contributed by atoms with Crippen LogP contribution in [-0.2, 0) is 16.4 Å². The first-order chi connectivity index (χ1) is 11.5. The predicted octanol–water partition coefficient (Wildman–Crippen LogP) is 1.37.